The van der Waals surface area contributed by atoms with Gasteiger partial charge in [-0.15, -0.1) is 0 Å². The number of sulfone groups is 1. The largest absolute Gasteiger partial charge is 0.399 e. The normalized spacial score (nSPS) is 18.3. The summed E-state index contributed by atoms with van der Waals surface area (Å²) in [5.41, 5.74) is 6.42. The molecule has 1 aromatic heterocycles. The predicted molar refractivity (Wildman–Crippen MR) is 77.6 cm³/mol. The Hall–Kier alpha value is -2.09. The lowest BCUT2D eigenvalue weighted by Gasteiger charge is -2.27. The van der Waals surface area contributed by atoms with Gasteiger partial charge < -0.3 is 10.6 Å². The first kappa shape index (κ1) is 12.9. The number of benzene rings is 1. The Morgan fingerprint density at radius 1 is 1.25 bits per heavy atom. The molecule has 1 aromatic carbocycles. The van der Waals surface area contributed by atoms with Crippen molar-refractivity contribution >= 4 is 32.4 Å². The molecule has 0 aliphatic carbocycles. The number of aromatic nitrogens is 2. The third-order valence-corrected chi connectivity index (χ3v) is 4.97. The van der Waals surface area contributed by atoms with Gasteiger partial charge in [-0.05, 0) is 18.2 Å². The monoisotopic (exact) mass is 294 g/mol. The Balaban J connectivity index is 2.01. The van der Waals surface area contributed by atoms with E-state index >= 15 is 0 Å². The molecule has 1 aliphatic heterocycles. The summed E-state index contributed by atoms with van der Waals surface area (Å²) in [5.74, 6) is 0.564. The minimum Gasteiger partial charge on any atom is -0.399 e. The number of nitrogens with one attached hydrogen (secondary N) is 1. The third kappa shape index (κ3) is 2.34. The quantitative estimate of drug-likeness (QED) is 0.701. The third-order valence-electron chi connectivity index (χ3n) is 3.36. The summed E-state index contributed by atoms with van der Waals surface area (Å²) < 4.78 is 22.8. The van der Waals surface area contributed by atoms with Crippen LogP contribution in [0.15, 0.2) is 23.0 Å². The van der Waals surface area contributed by atoms with E-state index in [1.807, 2.05) is 0 Å². The van der Waals surface area contributed by atoms with Gasteiger partial charge in [0.2, 0.25) is 5.95 Å². The van der Waals surface area contributed by atoms with Crippen molar-refractivity contribution in [1.29, 1.82) is 0 Å². The van der Waals surface area contributed by atoms with E-state index in [9.17, 15) is 13.2 Å². The molecule has 106 valence electrons. The number of nitrogens with zero attached hydrogens (tertiary/aromatic N) is 2. The minimum absolute atomic E-state index is 0.0798. The number of fused-ring (bicyclic) bond motifs is 1. The summed E-state index contributed by atoms with van der Waals surface area (Å²) in [6, 6.07) is 4.94. The van der Waals surface area contributed by atoms with Crippen LogP contribution in [-0.4, -0.2) is 43.0 Å². The van der Waals surface area contributed by atoms with Crippen LogP contribution in [-0.2, 0) is 9.84 Å². The molecule has 0 saturated carbocycles. The summed E-state index contributed by atoms with van der Waals surface area (Å²) in [6.07, 6.45) is 0. The van der Waals surface area contributed by atoms with Crippen LogP contribution in [0.2, 0.25) is 0 Å². The molecule has 0 amide bonds. The molecule has 1 saturated heterocycles. The van der Waals surface area contributed by atoms with Crippen LogP contribution in [0.1, 0.15) is 0 Å². The molecule has 20 heavy (non-hydrogen) atoms. The van der Waals surface area contributed by atoms with Gasteiger partial charge in [0, 0.05) is 18.8 Å². The maximum absolute atomic E-state index is 12.0. The molecule has 1 fully saturated rings. The van der Waals surface area contributed by atoms with E-state index < -0.39 is 9.84 Å². The lowest BCUT2D eigenvalue weighted by Crippen LogP contribution is -2.41. The summed E-state index contributed by atoms with van der Waals surface area (Å²) >= 11 is 0. The lowest BCUT2D eigenvalue weighted by molar-refractivity contribution is 0.585. The van der Waals surface area contributed by atoms with E-state index in [4.69, 9.17) is 5.73 Å². The first-order valence-corrected chi connectivity index (χ1v) is 8.02. The van der Waals surface area contributed by atoms with Crippen LogP contribution < -0.4 is 16.2 Å². The number of hydrogen-bond donors (Lipinski definition) is 2. The van der Waals surface area contributed by atoms with Crippen LogP contribution >= 0.6 is 0 Å². The van der Waals surface area contributed by atoms with E-state index in [-0.39, 0.29) is 17.1 Å². The van der Waals surface area contributed by atoms with Crippen molar-refractivity contribution in [3.63, 3.8) is 0 Å². The summed E-state index contributed by atoms with van der Waals surface area (Å²) in [7, 11) is -2.96. The van der Waals surface area contributed by atoms with Crippen molar-refractivity contribution in [1.82, 2.24) is 9.97 Å². The number of aromatic amines is 1. The molecule has 3 N–H and O–H groups in total. The highest BCUT2D eigenvalue weighted by Crippen LogP contribution is 2.16. The zero-order valence-electron chi connectivity index (χ0n) is 10.7. The molecular formula is C12H14N4O3S. The van der Waals surface area contributed by atoms with Crippen molar-refractivity contribution in [2.75, 3.05) is 35.2 Å². The van der Waals surface area contributed by atoms with Crippen molar-refractivity contribution in [2.24, 2.45) is 0 Å². The Morgan fingerprint density at radius 2 is 1.95 bits per heavy atom. The SMILES string of the molecule is Nc1ccc2nc(N3CCS(=O)(=O)CC3)[nH]c(=O)c2c1. The molecule has 0 radical (unpaired) electrons. The maximum Gasteiger partial charge on any atom is 0.260 e. The number of anilines is 2. The molecule has 8 heteroatoms. The fraction of sp³-hybridized carbons (Fsp3) is 0.333. The van der Waals surface area contributed by atoms with Crippen LogP contribution in [0.3, 0.4) is 0 Å². The van der Waals surface area contributed by atoms with Gasteiger partial charge in [-0.3, -0.25) is 9.78 Å². The number of nitrogens with two attached hydrogens (primary N) is 1. The number of hydrogen-bond acceptors (Lipinski definition) is 6. The van der Waals surface area contributed by atoms with Gasteiger partial charge in [0.1, 0.15) is 0 Å². The van der Waals surface area contributed by atoms with E-state index in [1.54, 1.807) is 23.1 Å². The highest BCUT2D eigenvalue weighted by molar-refractivity contribution is 7.91. The number of nitrogen functional groups attached to an aromatic ring is 1. The average Bonchev–Trinajstić information content (AvgIpc) is 2.39. The van der Waals surface area contributed by atoms with Gasteiger partial charge in [-0.1, -0.05) is 0 Å². The standard InChI is InChI=1S/C12H14N4O3S/c13-8-1-2-10-9(7-8)11(17)15-12(14-10)16-3-5-20(18,19)6-4-16/h1-2,7H,3-6,13H2,(H,14,15,17). The molecule has 0 atom stereocenters. The van der Waals surface area contributed by atoms with E-state index in [2.05, 4.69) is 9.97 Å². The van der Waals surface area contributed by atoms with Crippen LogP contribution in [0, 0.1) is 0 Å². The van der Waals surface area contributed by atoms with Crippen molar-refractivity contribution < 1.29 is 8.42 Å². The molecule has 7 nitrogen and oxygen atoms in total. The zero-order valence-corrected chi connectivity index (χ0v) is 11.5. The highest BCUT2D eigenvalue weighted by atomic mass is 32.2. The van der Waals surface area contributed by atoms with Crippen LogP contribution in [0.25, 0.3) is 10.9 Å². The molecule has 0 spiro atoms. The van der Waals surface area contributed by atoms with Gasteiger partial charge in [0.15, 0.2) is 9.84 Å². The molecule has 0 unspecified atom stereocenters. The molecule has 2 aromatic rings. The second-order valence-corrected chi connectivity index (χ2v) is 7.11. The van der Waals surface area contributed by atoms with E-state index in [0.717, 1.165) is 0 Å². The van der Waals surface area contributed by atoms with E-state index in [0.29, 0.717) is 35.6 Å². The number of H-pyrrole nitrogens is 1. The molecule has 0 bridgehead atoms. The molecule has 2 heterocycles. The van der Waals surface area contributed by atoms with Gasteiger partial charge in [0.25, 0.3) is 5.56 Å². The maximum atomic E-state index is 12.0. The lowest BCUT2D eigenvalue weighted by atomic mass is 10.2. The van der Waals surface area contributed by atoms with Crippen LogP contribution in [0.5, 0.6) is 0 Å². The minimum atomic E-state index is -2.96. The van der Waals surface area contributed by atoms with Crippen molar-refractivity contribution in [3.8, 4) is 0 Å². The van der Waals surface area contributed by atoms with Crippen molar-refractivity contribution in [3.05, 3.63) is 28.6 Å². The first-order valence-electron chi connectivity index (χ1n) is 6.19. The molecular weight excluding hydrogens is 280 g/mol. The topological polar surface area (TPSA) is 109 Å². The summed E-state index contributed by atoms with van der Waals surface area (Å²) in [5, 5.41) is 0.429. The average molecular weight is 294 g/mol. The first-order chi connectivity index (χ1) is 9.44. The smallest absolute Gasteiger partial charge is 0.260 e. The summed E-state index contributed by atoms with van der Waals surface area (Å²) in [6.45, 7) is 0.678. The predicted octanol–water partition coefficient (Wildman–Crippen LogP) is -0.260. The Bertz CT molecular complexity index is 814. The zero-order chi connectivity index (χ0) is 14.3. The second-order valence-electron chi connectivity index (χ2n) is 4.80. The van der Waals surface area contributed by atoms with Gasteiger partial charge in [0.05, 0.1) is 22.4 Å². The second kappa shape index (κ2) is 4.48. The van der Waals surface area contributed by atoms with E-state index in [1.165, 1.54) is 0 Å². The molecule has 3 rings (SSSR count). The fourth-order valence-electron chi connectivity index (χ4n) is 2.22. The van der Waals surface area contributed by atoms with Crippen molar-refractivity contribution in [2.45, 2.75) is 0 Å². The molecule has 1 aliphatic rings. The van der Waals surface area contributed by atoms with Gasteiger partial charge in [-0.25, -0.2) is 13.4 Å². The summed E-state index contributed by atoms with van der Waals surface area (Å²) in [4.78, 5) is 20.9. The number of rotatable bonds is 1. The van der Waals surface area contributed by atoms with Gasteiger partial charge >= 0.3 is 0 Å². The van der Waals surface area contributed by atoms with Gasteiger partial charge in [-0.2, -0.15) is 0 Å². The fourth-order valence-corrected chi connectivity index (χ4v) is 3.42. The van der Waals surface area contributed by atoms with Crippen LogP contribution in [0.4, 0.5) is 11.6 Å². The highest BCUT2D eigenvalue weighted by Gasteiger charge is 2.23. The Labute approximate surface area is 115 Å². The Morgan fingerprint density at radius 3 is 2.65 bits per heavy atom. The Kier molecular flexibility index (Phi) is 2.89.